The van der Waals surface area contributed by atoms with Gasteiger partial charge in [-0.1, -0.05) is 12.8 Å². The quantitative estimate of drug-likeness (QED) is 0.899. The molecule has 4 nitrogen and oxygen atoms in total. The molecule has 2 amide bonds. The van der Waals surface area contributed by atoms with Crippen LogP contribution in [0.5, 0.6) is 0 Å². The van der Waals surface area contributed by atoms with Gasteiger partial charge in [0.15, 0.2) is 0 Å². The highest BCUT2D eigenvalue weighted by molar-refractivity contribution is 8.00. The third-order valence-corrected chi connectivity index (χ3v) is 5.39. The summed E-state index contributed by atoms with van der Waals surface area (Å²) >= 11 is 1.93. The lowest BCUT2D eigenvalue weighted by Gasteiger charge is -2.12. The van der Waals surface area contributed by atoms with Crippen LogP contribution in [0.4, 0.5) is 5.69 Å². The maximum absolute atomic E-state index is 12.0. The van der Waals surface area contributed by atoms with Gasteiger partial charge in [0.2, 0.25) is 11.8 Å². The average Bonchev–Trinajstić information content (AvgIpc) is 3.12. The maximum atomic E-state index is 12.0. The van der Waals surface area contributed by atoms with Crippen LogP contribution in [-0.2, 0) is 9.59 Å². The molecule has 0 radical (unpaired) electrons. The lowest BCUT2D eigenvalue weighted by atomic mass is 10.2. The average molecular weight is 304 g/mol. The molecule has 5 heteroatoms. The van der Waals surface area contributed by atoms with E-state index < -0.39 is 0 Å². The second kappa shape index (κ2) is 6.52. The first-order valence-electron chi connectivity index (χ1n) is 7.58. The van der Waals surface area contributed by atoms with Gasteiger partial charge in [-0.2, -0.15) is 0 Å². The number of carbonyl (C=O) groups is 2. The molecule has 1 aliphatic heterocycles. The number of carbonyl (C=O) groups excluding carboxylic acids is 2. The first-order chi connectivity index (χ1) is 10.2. The van der Waals surface area contributed by atoms with Crippen molar-refractivity contribution in [3.63, 3.8) is 0 Å². The SMILES string of the molecule is O=C1CCC(C(=O)Nc2ccc(SC3CCCC3)cc2)N1. The largest absolute Gasteiger partial charge is 0.344 e. The molecule has 0 aromatic heterocycles. The summed E-state index contributed by atoms with van der Waals surface area (Å²) in [6, 6.07) is 7.61. The molecule has 1 aliphatic carbocycles. The Morgan fingerprint density at radius 1 is 1.14 bits per heavy atom. The molecule has 1 saturated carbocycles. The van der Waals surface area contributed by atoms with E-state index in [0.29, 0.717) is 12.8 Å². The van der Waals surface area contributed by atoms with Crippen LogP contribution in [0.15, 0.2) is 29.2 Å². The Balaban J connectivity index is 1.54. The molecule has 1 aromatic rings. The Bertz CT molecular complexity index is 524. The highest BCUT2D eigenvalue weighted by atomic mass is 32.2. The summed E-state index contributed by atoms with van der Waals surface area (Å²) in [7, 11) is 0. The number of benzene rings is 1. The Morgan fingerprint density at radius 3 is 2.48 bits per heavy atom. The Kier molecular flexibility index (Phi) is 4.48. The predicted molar refractivity (Wildman–Crippen MR) is 84.3 cm³/mol. The Hall–Kier alpha value is -1.49. The molecule has 1 saturated heterocycles. The van der Waals surface area contributed by atoms with E-state index in [9.17, 15) is 9.59 Å². The highest BCUT2D eigenvalue weighted by Gasteiger charge is 2.27. The van der Waals surface area contributed by atoms with E-state index in [1.807, 2.05) is 23.9 Å². The molecule has 0 bridgehead atoms. The second-order valence-corrected chi connectivity index (χ2v) is 7.07. The Labute approximate surface area is 129 Å². The molecule has 1 atom stereocenters. The third-order valence-electron chi connectivity index (χ3n) is 4.04. The van der Waals surface area contributed by atoms with Gasteiger partial charge in [-0.3, -0.25) is 9.59 Å². The monoisotopic (exact) mass is 304 g/mol. The fourth-order valence-electron chi connectivity index (χ4n) is 2.86. The molecular formula is C16H20N2O2S. The van der Waals surface area contributed by atoms with Gasteiger partial charge < -0.3 is 10.6 Å². The highest BCUT2D eigenvalue weighted by Crippen LogP contribution is 2.34. The van der Waals surface area contributed by atoms with Crippen molar-refractivity contribution < 1.29 is 9.59 Å². The molecular weight excluding hydrogens is 284 g/mol. The van der Waals surface area contributed by atoms with Crippen LogP contribution in [0.1, 0.15) is 38.5 Å². The first-order valence-corrected chi connectivity index (χ1v) is 8.45. The fraction of sp³-hybridized carbons (Fsp3) is 0.500. The van der Waals surface area contributed by atoms with Gasteiger partial charge in [-0.25, -0.2) is 0 Å². The lowest BCUT2D eigenvalue weighted by Crippen LogP contribution is -2.37. The standard InChI is InChI=1S/C16H20N2O2S/c19-15-10-9-14(18-15)16(20)17-11-5-7-13(8-6-11)21-12-3-1-2-4-12/h5-8,12,14H,1-4,9-10H2,(H,17,20)(H,18,19). The molecule has 112 valence electrons. The van der Waals surface area contributed by atoms with Crippen molar-refractivity contribution in [3.8, 4) is 0 Å². The summed E-state index contributed by atoms with van der Waals surface area (Å²) in [6.45, 7) is 0. The molecule has 0 spiro atoms. The van der Waals surface area contributed by atoms with E-state index in [0.717, 1.165) is 10.9 Å². The van der Waals surface area contributed by atoms with E-state index in [1.54, 1.807) is 0 Å². The zero-order valence-electron chi connectivity index (χ0n) is 11.9. The third kappa shape index (κ3) is 3.79. The van der Waals surface area contributed by atoms with E-state index in [1.165, 1.54) is 30.6 Å². The Morgan fingerprint density at radius 2 is 1.86 bits per heavy atom. The van der Waals surface area contributed by atoms with Crippen LogP contribution in [0, 0.1) is 0 Å². The smallest absolute Gasteiger partial charge is 0.246 e. The molecule has 1 heterocycles. The van der Waals surface area contributed by atoms with Gasteiger partial charge in [0, 0.05) is 22.3 Å². The van der Waals surface area contributed by atoms with Crippen LogP contribution < -0.4 is 10.6 Å². The number of amides is 2. The summed E-state index contributed by atoms with van der Waals surface area (Å²) in [5.74, 6) is -0.171. The van der Waals surface area contributed by atoms with Gasteiger partial charge >= 0.3 is 0 Å². The summed E-state index contributed by atoms with van der Waals surface area (Å²) in [6.07, 6.45) is 6.34. The summed E-state index contributed by atoms with van der Waals surface area (Å²) in [4.78, 5) is 24.4. The summed E-state index contributed by atoms with van der Waals surface area (Å²) < 4.78 is 0. The minimum Gasteiger partial charge on any atom is -0.344 e. The van der Waals surface area contributed by atoms with Crippen LogP contribution in [0.2, 0.25) is 0 Å². The molecule has 3 rings (SSSR count). The topological polar surface area (TPSA) is 58.2 Å². The van der Waals surface area contributed by atoms with E-state index in [2.05, 4.69) is 22.8 Å². The molecule has 1 unspecified atom stereocenters. The van der Waals surface area contributed by atoms with Gasteiger partial charge in [-0.15, -0.1) is 11.8 Å². The molecule has 21 heavy (non-hydrogen) atoms. The van der Waals surface area contributed by atoms with Crippen molar-refractivity contribution >= 4 is 29.3 Å². The van der Waals surface area contributed by atoms with Crippen molar-refractivity contribution in [2.45, 2.75) is 54.7 Å². The minimum atomic E-state index is -0.384. The van der Waals surface area contributed by atoms with E-state index >= 15 is 0 Å². The van der Waals surface area contributed by atoms with Gasteiger partial charge in [0.05, 0.1) is 0 Å². The zero-order chi connectivity index (χ0) is 14.7. The summed E-state index contributed by atoms with van der Waals surface area (Å²) in [5, 5.41) is 6.29. The summed E-state index contributed by atoms with van der Waals surface area (Å²) in [5.41, 5.74) is 0.789. The van der Waals surface area contributed by atoms with Crippen LogP contribution in [0.3, 0.4) is 0 Å². The van der Waals surface area contributed by atoms with Crippen LogP contribution in [0.25, 0.3) is 0 Å². The molecule has 2 aliphatic rings. The first kappa shape index (κ1) is 14.4. The van der Waals surface area contributed by atoms with Gasteiger partial charge in [-0.05, 0) is 43.5 Å². The molecule has 2 fully saturated rings. The number of anilines is 1. The molecule has 1 aromatic carbocycles. The minimum absolute atomic E-state index is 0.0431. The van der Waals surface area contributed by atoms with Crippen molar-refractivity contribution in [1.82, 2.24) is 5.32 Å². The van der Waals surface area contributed by atoms with Crippen LogP contribution in [-0.4, -0.2) is 23.1 Å². The normalized spacial score (nSPS) is 22.3. The van der Waals surface area contributed by atoms with E-state index in [4.69, 9.17) is 0 Å². The van der Waals surface area contributed by atoms with Gasteiger partial charge in [0.1, 0.15) is 6.04 Å². The lowest BCUT2D eigenvalue weighted by molar-refractivity contribution is -0.122. The number of hydrogen-bond donors (Lipinski definition) is 2. The number of rotatable bonds is 4. The zero-order valence-corrected chi connectivity index (χ0v) is 12.7. The maximum Gasteiger partial charge on any atom is 0.246 e. The van der Waals surface area contributed by atoms with Crippen molar-refractivity contribution in [1.29, 1.82) is 0 Å². The fourth-order valence-corrected chi connectivity index (χ4v) is 4.10. The van der Waals surface area contributed by atoms with Crippen molar-refractivity contribution in [2.75, 3.05) is 5.32 Å². The number of thioether (sulfide) groups is 1. The predicted octanol–water partition coefficient (Wildman–Crippen LogP) is 2.94. The second-order valence-electron chi connectivity index (χ2n) is 5.70. The molecule has 2 N–H and O–H groups in total. The van der Waals surface area contributed by atoms with Crippen molar-refractivity contribution in [2.24, 2.45) is 0 Å². The number of hydrogen-bond acceptors (Lipinski definition) is 3. The van der Waals surface area contributed by atoms with Gasteiger partial charge in [0.25, 0.3) is 0 Å². The number of nitrogens with one attached hydrogen (secondary N) is 2. The van der Waals surface area contributed by atoms with E-state index in [-0.39, 0.29) is 17.9 Å². The van der Waals surface area contributed by atoms with Crippen molar-refractivity contribution in [3.05, 3.63) is 24.3 Å². The van der Waals surface area contributed by atoms with Crippen LogP contribution >= 0.6 is 11.8 Å².